The molecule has 0 N–H and O–H groups in total. The molecule has 12 heteroatoms. The lowest BCUT2D eigenvalue weighted by Gasteiger charge is -2.17. The fourth-order valence-electron chi connectivity index (χ4n) is 7.41. The van der Waals surface area contributed by atoms with Crippen LogP contribution in [0.2, 0.25) is 0 Å². The molecule has 6 heterocycles. The van der Waals surface area contributed by atoms with Gasteiger partial charge in [0.15, 0.2) is 0 Å². The predicted molar refractivity (Wildman–Crippen MR) is 292 cm³/mol. The summed E-state index contributed by atoms with van der Waals surface area (Å²) >= 11 is 0. The van der Waals surface area contributed by atoms with Crippen LogP contribution in [0.1, 0.15) is 98.6 Å². The highest BCUT2D eigenvalue weighted by atomic mass is 16.8. The number of para-hydroxylation sites is 1. The average molecular weight is 1010 g/mol. The molecule has 74 heavy (non-hydrogen) atoms. The maximum absolute atomic E-state index is 6.18. The first-order chi connectivity index (χ1) is 36.4. The molecule has 0 aromatic heterocycles. The van der Waals surface area contributed by atoms with Crippen molar-refractivity contribution in [2.75, 3.05) is 39.6 Å². The van der Waals surface area contributed by atoms with E-state index in [0.29, 0.717) is 39.5 Å². The first-order valence-electron chi connectivity index (χ1n) is 26.8. The molecule has 6 aliphatic rings. The lowest BCUT2D eigenvalue weighted by atomic mass is 9.93. The van der Waals surface area contributed by atoms with Gasteiger partial charge in [0.25, 0.3) is 0 Å². The highest BCUT2D eigenvalue weighted by Crippen LogP contribution is 2.39. The van der Waals surface area contributed by atoms with Crippen molar-refractivity contribution in [1.82, 2.24) is 0 Å². The topological polar surface area (TPSA) is 131 Å². The molecule has 13 rings (SSSR count). The molecule has 0 saturated carbocycles. The van der Waals surface area contributed by atoms with E-state index in [2.05, 4.69) is 76.2 Å². The second-order valence-electron chi connectivity index (χ2n) is 17.6. The molecule has 6 saturated heterocycles. The Morgan fingerprint density at radius 2 is 0.811 bits per heavy atom. The fourth-order valence-corrected chi connectivity index (χ4v) is 7.41. The molecule has 6 fully saturated rings. The molecular formula is C62H76O12. The molecule has 6 atom stereocenters. The van der Waals surface area contributed by atoms with Crippen LogP contribution in [0.25, 0.3) is 32.3 Å². The van der Waals surface area contributed by atoms with E-state index in [9.17, 15) is 0 Å². The van der Waals surface area contributed by atoms with Gasteiger partial charge < -0.3 is 56.8 Å². The summed E-state index contributed by atoms with van der Waals surface area (Å²) in [6.45, 7) is 20.6. The molecule has 12 nitrogen and oxygen atoms in total. The van der Waals surface area contributed by atoms with E-state index >= 15 is 0 Å². The van der Waals surface area contributed by atoms with Crippen LogP contribution in [-0.2, 0) is 34.8 Å². The number of unbranched alkanes of at least 4 members (excludes halogenated alkanes) is 3. The Morgan fingerprint density at radius 1 is 0.365 bits per heavy atom. The summed E-state index contributed by atoms with van der Waals surface area (Å²) < 4.78 is 66.0. The van der Waals surface area contributed by atoms with Gasteiger partial charge in [-0.3, -0.25) is 0 Å². The molecular weight excluding hydrogens is 937 g/mol. The summed E-state index contributed by atoms with van der Waals surface area (Å²) in [5.74, 6) is 4.88. The van der Waals surface area contributed by atoms with Gasteiger partial charge in [-0.2, -0.15) is 0 Å². The Kier molecular flexibility index (Phi) is 21.9. The van der Waals surface area contributed by atoms with Crippen LogP contribution in [0.3, 0.4) is 0 Å². The maximum Gasteiger partial charge on any atom is 0.223 e. The molecule has 0 radical (unpaired) electrons. The van der Waals surface area contributed by atoms with Crippen molar-refractivity contribution in [3.05, 3.63) is 145 Å². The fraction of sp³-hybridized carbons (Fsp3) is 0.419. The lowest BCUT2D eigenvalue weighted by molar-refractivity contribution is 0.177. The Labute approximate surface area is 437 Å². The number of fused-ring (bicyclic) bond motifs is 3. The van der Waals surface area contributed by atoms with Crippen LogP contribution in [0.4, 0.5) is 0 Å². The Morgan fingerprint density at radius 3 is 1.39 bits per heavy atom. The second kappa shape index (κ2) is 29.1. The molecule has 7 aromatic carbocycles. The minimum atomic E-state index is -0.210. The van der Waals surface area contributed by atoms with Crippen molar-refractivity contribution in [1.29, 1.82) is 0 Å². The zero-order valence-corrected chi connectivity index (χ0v) is 44.6. The van der Waals surface area contributed by atoms with Crippen molar-refractivity contribution in [3.63, 3.8) is 0 Å². The van der Waals surface area contributed by atoms with Gasteiger partial charge in [-0.25, -0.2) is 0 Å². The van der Waals surface area contributed by atoms with Crippen molar-refractivity contribution in [2.24, 2.45) is 0 Å². The van der Waals surface area contributed by atoms with Crippen LogP contribution in [0, 0.1) is 0 Å². The zero-order chi connectivity index (χ0) is 52.1. The van der Waals surface area contributed by atoms with Gasteiger partial charge in [0.2, 0.25) is 37.7 Å². The predicted octanol–water partition coefficient (Wildman–Crippen LogP) is 14.6. The number of ether oxygens (including phenoxy) is 12. The highest BCUT2D eigenvalue weighted by molar-refractivity contribution is 5.92. The lowest BCUT2D eigenvalue weighted by Crippen LogP contribution is -2.04. The van der Waals surface area contributed by atoms with Gasteiger partial charge in [0, 0.05) is 17.4 Å². The van der Waals surface area contributed by atoms with E-state index in [1.807, 2.05) is 113 Å². The van der Waals surface area contributed by atoms with Crippen molar-refractivity contribution < 1.29 is 56.8 Å². The van der Waals surface area contributed by atoms with Gasteiger partial charge in [0.05, 0.1) is 0 Å². The number of benzene rings is 7. The summed E-state index contributed by atoms with van der Waals surface area (Å²) in [7, 11) is 0. The van der Waals surface area contributed by atoms with E-state index in [0.717, 1.165) is 79.2 Å². The first-order valence-corrected chi connectivity index (χ1v) is 26.8. The molecule has 0 amide bonds. The number of hydrogen-bond acceptors (Lipinski definition) is 12. The normalized spacial score (nSPS) is 20.4. The molecule has 0 bridgehead atoms. The van der Waals surface area contributed by atoms with Crippen LogP contribution in [0.15, 0.2) is 133 Å². The second-order valence-corrected chi connectivity index (χ2v) is 17.6. The van der Waals surface area contributed by atoms with Gasteiger partial charge in [-0.15, -0.1) is 0 Å². The molecule has 6 unspecified atom stereocenters. The van der Waals surface area contributed by atoms with Crippen LogP contribution in [-0.4, -0.2) is 77.4 Å². The van der Waals surface area contributed by atoms with Crippen LogP contribution in [0.5, 0.6) is 34.5 Å². The molecule has 0 aliphatic carbocycles. The van der Waals surface area contributed by atoms with Gasteiger partial charge in [0.1, 0.15) is 74.1 Å². The number of hydrogen-bond donors (Lipinski definition) is 0. The smallest absolute Gasteiger partial charge is 0.223 e. The average Bonchev–Trinajstić information content (AvgIpc) is 4.21. The third kappa shape index (κ3) is 18.4. The summed E-state index contributed by atoms with van der Waals surface area (Å²) in [6.07, 6.45) is 6.66. The monoisotopic (exact) mass is 1010 g/mol. The molecule has 396 valence electrons. The van der Waals surface area contributed by atoms with Crippen LogP contribution < -0.4 is 28.4 Å². The van der Waals surface area contributed by atoms with E-state index in [1.54, 1.807) is 0 Å². The van der Waals surface area contributed by atoms with Crippen molar-refractivity contribution in [2.45, 2.75) is 132 Å². The SMILES string of the molecule is CC.CC.CCC.CCCCCC.c1cc2c(Cc3c(OC4CO4)ccc4ccc(OC5CO5)cc34)cc(OC3CO3)cc2cc1OC1CO1.c1ccc(OC2CO2)cc1.c1ccc2c(OC3CO3)cccc2c1. The quantitative estimate of drug-likeness (QED) is 0.0636. The summed E-state index contributed by atoms with van der Waals surface area (Å²) in [6, 6.07) is 44.3. The Balaban J connectivity index is 0.000000176. The van der Waals surface area contributed by atoms with Crippen LogP contribution >= 0.6 is 0 Å². The third-order valence-electron chi connectivity index (χ3n) is 11.3. The third-order valence-corrected chi connectivity index (χ3v) is 11.3. The van der Waals surface area contributed by atoms with E-state index in [1.165, 1.54) is 37.5 Å². The van der Waals surface area contributed by atoms with Crippen molar-refractivity contribution >= 4 is 32.3 Å². The number of epoxide rings is 6. The zero-order valence-electron chi connectivity index (χ0n) is 44.6. The molecule has 6 aliphatic heterocycles. The highest BCUT2D eigenvalue weighted by Gasteiger charge is 2.30. The van der Waals surface area contributed by atoms with E-state index < -0.39 is 0 Å². The van der Waals surface area contributed by atoms with Gasteiger partial charge >= 0.3 is 0 Å². The Hall–Kier alpha value is -6.12. The summed E-state index contributed by atoms with van der Waals surface area (Å²) in [4.78, 5) is 0. The minimum absolute atomic E-state index is 0.0161. The van der Waals surface area contributed by atoms with Gasteiger partial charge in [-0.05, 0) is 93.2 Å². The standard InChI is InChI=1S/C29H24O8.C12H10O2.C8H8O2.C6H14.C3H8.2C2H6/c1-3-20(35-27-13-31-27)11-23-16(1)2-6-25(37-29-15-33-29)24(23)10-18-9-21(36-28-14-32-28)8-17-7-19(4-5-22(17)18)34-26-12-30-26;1-2-6-10-9(4-1)5-3-7-11(10)14-12-8-13-12;1-2-4-7(5-3-1)10-8-6-9-8;1-3-5-6-4-2;1-3-2;2*1-2/h1-9,11,26-29H,10,12-15H2;1-7,12H,8H2;1-5,8H,6H2;3-6H2,1-2H3;3H2,1-2H3;2*1-2H3. The summed E-state index contributed by atoms with van der Waals surface area (Å²) in [5.41, 5.74) is 2.16. The van der Waals surface area contributed by atoms with Crippen molar-refractivity contribution in [3.8, 4) is 34.5 Å². The summed E-state index contributed by atoms with van der Waals surface area (Å²) in [5, 5.41) is 6.64. The molecule has 0 spiro atoms. The van der Waals surface area contributed by atoms with Gasteiger partial charge in [-0.1, -0.05) is 160 Å². The largest absolute Gasteiger partial charge is 0.462 e. The number of rotatable bonds is 17. The Bertz CT molecular complexity index is 2720. The maximum atomic E-state index is 6.18. The minimum Gasteiger partial charge on any atom is -0.462 e. The van der Waals surface area contributed by atoms with E-state index in [4.69, 9.17) is 56.8 Å². The first kappa shape index (κ1) is 55.6. The van der Waals surface area contributed by atoms with E-state index in [-0.39, 0.29) is 37.7 Å². The molecule has 7 aromatic rings.